The number of aliphatic hydroxyl groups excluding tert-OH is 1. The number of amides is 1. The molecule has 1 aromatic heterocycles. The number of aromatic amines is 1. The Morgan fingerprint density at radius 2 is 2.04 bits per heavy atom. The number of carbonyl (C=O) groups is 1. The lowest BCUT2D eigenvalue weighted by Gasteiger charge is -2.26. The fraction of sp³-hybridized carbons (Fsp3) is 0.500. The number of carbonyl (C=O) groups excluding carboxylic acids is 1. The summed E-state index contributed by atoms with van der Waals surface area (Å²) in [6, 6.07) is 5.16. The molecule has 1 aromatic carbocycles. The zero-order valence-corrected chi connectivity index (χ0v) is 15.6. The summed E-state index contributed by atoms with van der Waals surface area (Å²) in [5.74, 6) is 0.784. The Kier molecular flexibility index (Phi) is 6.07. The fourth-order valence-corrected chi connectivity index (χ4v) is 3.58. The van der Waals surface area contributed by atoms with Crippen LogP contribution < -0.4 is 5.32 Å². The van der Waals surface area contributed by atoms with Gasteiger partial charge in [0.25, 0.3) is 0 Å². The number of hydrogen-bond acceptors (Lipinski definition) is 3. The Labute approximate surface area is 161 Å². The van der Waals surface area contributed by atoms with Gasteiger partial charge in [-0.25, -0.2) is 4.98 Å². The first kappa shape index (κ1) is 20.4. The van der Waals surface area contributed by atoms with Gasteiger partial charge in [0.1, 0.15) is 5.82 Å². The average Bonchev–Trinajstić information content (AvgIpc) is 3.16. The second-order valence-electron chi connectivity index (χ2n) is 7.40. The van der Waals surface area contributed by atoms with Crippen molar-refractivity contribution in [2.75, 3.05) is 6.54 Å². The van der Waals surface area contributed by atoms with Crippen LogP contribution in [0.5, 0.6) is 0 Å². The van der Waals surface area contributed by atoms with Gasteiger partial charge in [0.05, 0.1) is 23.6 Å². The smallest absolute Gasteiger partial charge is 0.392 e. The predicted molar refractivity (Wildman–Crippen MR) is 98.4 cm³/mol. The molecule has 1 saturated carbocycles. The molecule has 0 radical (unpaired) electrons. The second kappa shape index (κ2) is 8.34. The van der Waals surface area contributed by atoms with E-state index in [-0.39, 0.29) is 24.3 Å². The minimum absolute atomic E-state index is 0.0385. The summed E-state index contributed by atoms with van der Waals surface area (Å²) in [6.45, 7) is 1.87. The molecule has 0 saturated heterocycles. The predicted octanol–water partition coefficient (Wildman–Crippen LogP) is 3.87. The lowest BCUT2D eigenvalue weighted by Crippen LogP contribution is -2.36. The number of hydrogen-bond donors (Lipinski definition) is 3. The van der Waals surface area contributed by atoms with Crippen molar-refractivity contribution in [2.45, 2.75) is 50.8 Å². The first-order chi connectivity index (χ1) is 13.2. The van der Waals surface area contributed by atoms with E-state index in [2.05, 4.69) is 15.3 Å². The molecule has 1 amide bonds. The van der Waals surface area contributed by atoms with E-state index in [4.69, 9.17) is 0 Å². The van der Waals surface area contributed by atoms with E-state index in [1.165, 1.54) is 6.07 Å². The minimum atomic E-state index is -4.38. The summed E-state index contributed by atoms with van der Waals surface area (Å²) in [5.41, 5.74) is 0.308. The van der Waals surface area contributed by atoms with Crippen molar-refractivity contribution in [3.63, 3.8) is 0 Å². The summed E-state index contributed by atoms with van der Waals surface area (Å²) >= 11 is 0. The Hall–Kier alpha value is -2.35. The van der Waals surface area contributed by atoms with Crippen LogP contribution >= 0.6 is 0 Å². The Balaban J connectivity index is 1.62. The van der Waals surface area contributed by atoms with Gasteiger partial charge in [-0.15, -0.1) is 0 Å². The molecule has 0 aliphatic heterocycles. The highest BCUT2D eigenvalue weighted by Gasteiger charge is 2.31. The van der Waals surface area contributed by atoms with Crippen molar-refractivity contribution in [1.82, 2.24) is 15.3 Å². The van der Waals surface area contributed by atoms with Crippen molar-refractivity contribution >= 4 is 5.91 Å². The van der Waals surface area contributed by atoms with Crippen LogP contribution in [0.2, 0.25) is 0 Å². The monoisotopic (exact) mass is 395 g/mol. The van der Waals surface area contributed by atoms with E-state index in [9.17, 15) is 23.1 Å². The topological polar surface area (TPSA) is 78.0 Å². The number of aliphatic hydroxyl groups is 1. The van der Waals surface area contributed by atoms with Gasteiger partial charge in [0.15, 0.2) is 0 Å². The van der Waals surface area contributed by atoms with E-state index in [0.29, 0.717) is 11.3 Å². The van der Waals surface area contributed by atoms with Gasteiger partial charge >= 0.3 is 6.18 Å². The van der Waals surface area contributed by atoms with Crippen LogP contribution in [0, 0.1) is 5.92 Å². The summed E-state index contributed by atoms with van der Waals surface area (Å²) in [7, 11) is 0. The summed E-state index contributed by atoms with van der Waals surface area (Å²) in [6.07, 6.45) is -0.397. The molecule has 3 rings (SSSR count). The number of rotatable bonds is 5. The van der Waals surface area contributed by atoms with Crippen molar-refractivity contribution in [3.8, 4) is 11.3 Å². The van der Waals surface area contributed by atoms with Crippen molar-refractivity contribution in [1.29, 1.82) is 0 Å². The molecular weight excluding hydrogens is 371 g/mol. The number of nitrogens with one attached hydrogen (secondary N) is 2. The molecule has 8 heteroatoms. The largest absolute Gasteiger partial charge is 0.416 e. The molecule has 5 nitrogen and oxygen atoms in total. The SMILES string of the molecule is C[C@H](O)CNC(=O)C1CCC(c2ncc(-c3cccc(C(F)(F)F)c3)[nH]2)CC1. The van der Waals surface area contributed by atoms with E-state index >= 15 is 0 Å². The zero-order chi connectivity index (χ0) is 20.3. The highest BCUT2D eigenvalue weighted by atomic mass is 19.4. The quantitative estimate of drug-likeness (QED) is 0.719. The number of benzene rings is 1. The fourth-order valence-electron chi connectivity index (χ4n) is 3.58. The molecule has 0 bridgehead atoms. The van der Waals surface area contributed by atoms with E-state index in [0.717, 1.165) is 43.6 Å². The van der Waals surface area contributed by atoms with Crippen LogP contribution in [-0.2, 0) is 11.0 Å². The number of aromatic nitrogens is 2. The van der Waals surface area contributed by atoms with Crippen molar-refractivity contribution in [2.24, 2.45) is 5.92 Å². The van der Waals surface area contributed by atoms with Crippen LogP contribution in [0.15, 0.2) is 30.5 Å². The Morgan fingerprint density at radius 3 is 2.68 bits per heavy atom. The third-order valence-electron chi connectivity index (χ3n) is 5.15. The maximum absolute atomic E-state index is 12.9. The summed E-state index contributed by atoms with van der Waals surface area (Å²) in [4.78, 5) is 19.6. The van der Waals surface area contributed by atoms with Gasteiger partial charge in [-0.05, 0) is 44.7 Å². The number of imidazole rings is 1. The molecule has 2 aromatic rings. The van der Waals surface area contributed by atoms with Crippen LogP contribution in [0.1, 0.15) is 49.9 Å². The summed E-state index contributed by atoms with van der Waals surface area (Å²) in [5, 5.41) is 12.0. The van der Waals surface area contributed by atoms with Gasteiger partial charge in [-0.2, -0.15) is 13.2 Å². The number of halogens is 3. The maximum atomic E-state index is 12.9. The first-order valence-corrected chi connectivity index (χ1v) is 9.42. The molecular formula is C20H24F3N3O2. The second-order valence-corrected chi connectivity index (χ2v) is 7.40. The molecule has 1 atom stereocenters. The van der Waals surface area contributed by atoms with Crippen LogP contribution in [0.25, 0.3) is 11.3 Å². The molecule has 0 unspecified atom stereocenters. The Morgan fingerprint density at radius 1 is 1.32 bits per heavy atom. The van der Waals surface area contributed by atoms with Crippen molar-refractivity contribution in [3.05, 3.63) is 41.9 Å². The third kappa shape index (κ3) is 4.92. The summed E-state index contributed by atoms with van der Waals surface area (Å²) < 4.78 is 38.7. The average molecular weight is 395 g/mol. The lowest BCUT2D eigenvalue weighted by atomic mass is 9.81. The number of nitrogens with zero attached hydrogens (tertiary/aromatic N) is 1. The highest BCUT2D eigenvalue weighted by Crippen LogP contribution is 2.36. The third-order valence-corrected chi connectivity index (χ3v) is 5.15. The molecule has 152 valence electrons. The normalized spacial score (nSPS) is 21.3. The van der Waals surface area contributed by atoms with E-state index < -0.39 is 17.8 Å². The molecule has 1 aliphatic carbocycles. The van der Waals surface area contributed by atoms with Gasteiger partial charge in [-0.1, -0.05) is 12.1 Å². The van der Waals surface area contributed by atoms with Crippen LogP contribution in [0.3, 0.4) is 0 Å². The van der Waals surface area contributed by atoms with E-state index in [1.807, 2.05) is 0 Å². The van der Waals surface area contributed by atoms with Crippen LogP contribution in [-0.4, -0.2) is 33.6 Å². The maximum Gasteiger partial charge on any atom is 0.416 e. The van der Waals surface area contributed by atoms with E-state index in [1.54, 1.807) is 19.2 Å². The van der Waals surface area contributed by atoms with Gasteiger partial charge in [-0.3, -0.25) is 4.79 Å². The lowest BCUT2D eigenvalue weighted by molar-refractivity contribution is -0.137. The molecule has 0 spiro atoms. The first-order valence-electron chi connectivity index (χ1n) is 9.42. The van der Waals surface area contributed by atoms with Crippen LogP contribution in [0.4, 0.5) is 13.2 Å². The molecule has 28 heavy (non-hydrogen) atoms. The molecule has 3 N–H and O–H groups in total. The van der Waals surface area contributed by atoms with Gasteiger partial charge in [0, 0.05) is 23.9 Å². The molecule has 1 heterocycles. The Bertz CT molecular complexity index is 809. The van der Waals surface area contributed by atoms with Gasteiger partial charge in [0.2, 0.25) is 5.91 Å². The molecule has 1 aliphatic rings. The number of alkyl halides is 3. The van der Waals surface area contributed by atoms with Gasteiger partial charge < -0.3 is 15.4 Å². The minimum Gasteiger partial charge on any atom is -0.392 e. The highest BCUT2D eigenvalue weighted by molar-refractivity contribution is 5.78. The molecule has 1 fully saturated rings. The number of H-pyrrole nitrogens is 1. The zero-order valence-electron chi connectivity index (χ0n) is 15.6. The van der Waals surface area contributed by atoms with Crippen molar-refractivity contribution < 1.29 is 23.1 Å². The standard InChI is InChI=1S/C20H24F3N3O2/c1-12(27)10-25-19(28)14-7-5-13(6-8-14)18-24-11-17(26-18)15-3-2-4-16(9-15)20(21,22)23/h2-4,9,11-14,27H,5-8,10H2,1H3,(H,24,26)(H,25,28)/t12-,13?,14?/m0/s1.